The first kappa shape index (κ1) is 13.5. The molecule has 0 fully saturated rings. The van der Waals surface area contributed by atoms with Gasteiger partial charge in [-0.25, -0.2) is 4.98 Å². The molecular weight excluding hydrogens is 262 g/mol. The zero-order valence-electron chi connectivity index (χ0n) is 12.3. The van der Waals surface area contributed by atoms with E-state index in [2.05, 4.69) is 35.0 Å². The second-order valence-electron chi connectivity index (χ2n) is 4.85. The van der Waals surface area contributed by atoms with E-state index in [4.69, 9.17) is 9.72 Å². The number of anilines is 1. The first-order valence-electron chi connectivity index (χ1n) is 7.14. The van der Waals surface area contributed by atoms with E-state index in [9.17, 15) is 0 Å². The number of benzene rings is 2. The summed E-state index contributed by atoms with van der Waals surface area (Å²) in [6, 6.07) is 16.2. The number of imidazole rings is 1. The third-order valence-electron chi connectivity index (χ3n) is 3.57. The standard InChI is InChI=1S/C17H19N3O/c1-3-20-16-10-5-4-9-15(16)19-17(20)12-18-13-7-6-8-14(11-13)21-2/h4-11,18H,3,12H2,1-2H3. The Morgan fingerprint density at radius 2 is 2.00 bits per heavy atom. The molecule has 0 aliphatic heterocycles. The number of aryl methyl sites for hydroxylation is 1. The molecule has 4 heteroatoms. The average Bonchev–Trinajstić information content (AvgIpc) is 2.90. The molecule has 108 valence electrons. The van der Waals surface area contributed by atoms with Crippen molar-refractivity contribution in [3.63, 3.8) is 0 Å². The topological polar surface area (TPSA) is 39.1 Å². The molecule has 0 aliphatic rings. The monoisotopic (exact) mass is 281 g/mol. The molecule has 1 aromatic heterocycles. The smallest absolute Gasteiger partial charge is 0.129 e. The molecule has 3 aromatic rings. The fraction of sp³-hybridized carbons (Fsp3) is 0.235. The van der Waals surface area contributed by atoms with Crippen molar-refractivity contribution >= 4 is 16.7 Å². The molecule has 3 rings (SSSR count). The van der Waals surface area contributed by atoms with Crippen LogP contribution >= 0.6 is 0 Å². The average molecular weight is 281 g/mol. The molecule has 2 aromatic carbocycles. The Labute approximate surface area is 124 Å². The Balaban J connectivity index is 1.84. The van der Waals surface area contributed by atoms with Gasteiger partial charge in [-0.1, -0.05) is 18.2 Å². The van der Waals surface area contributed by atoms with Gasteiger partial charge < -0.3 is 14.6 Å². The zero-order valence-corrected chi connectivity index (χ0v) is 12.3. The molecule has 0 amide bonds. The molecular formula is C17H19N3O. The van der Waals surface area contributed by atoms with E-state index in [0.717, 1.165) is 29.3 Å². The van der Waals surface area contributed by atoms with E-state index in [-0.39, 0.29) is 0 Å². The van der Waals surface area contributed by atoms with Crippen LogP contribution in [0.3, 0.4) is 0 Å². The summed E-state index contributed by atoms with van der Waals surface area (Å²) in [5.41, 5.74) is 3.26. The van der Waals surface area contributed by atoms with E-state index in [1.807, 2.05) is 30.3 Å². The lowest BCUT2D eigenvalue weighted by Gasteiger charge is -2.09. The molecule has 0 bridgehead atoms. The van der Waals surface area contributed by atoms with Crippen LogP contribution in [-0.4, -0.2) is 16.7 Å². The minimum Gasteiger partial charge on any atom is -0.497 e. The molecule has 0 saturated heterocycles. The number of methoxy groups -OCH3 is 1. The fourth-order valence-electron chi connectivity index (χ4n) is 2.53. The summed E-state index contributed by atoms with van der Waals surface area (Å²) < 4.78 is 7.48. The van der Waals surface area contributed by atoms with Gasteiger partial charge in [0.1, 0.15) is 11.6 Å². The predicted molar refractivity (Wildman–Crippen MR) is 85.7 cm³/mol. The summed E-state index contributed by atoms with van der Waals surface area (Å²) in [5.74, 6) is 1.89. The molecule has 0 saturated carbocycles. The molecule has 1 heterocycles. The van der Waals surface area contributed by atoms with Crippen molar-refractivity contribution in [2.45, 2.75) is 20.0 Å². The summed E-state index contributed by atoms with van der Waals surface area (Å²) in [6.07, 6.45) is 0. The number of para-hydroxylation sites is 2. The lowest BCUT2D eigenvalue weighted by molar-refractivity contribution is 0.415. The highest BCUT2D eigenvalue weighted by atomic mass is 16.5. The number of nitrogens with zero attached hydrogens (tertiary/aromatic N) is 2. The van der Waals surface area contributed by atoms with Crippen molar-refractivity contribution in [2.24, 2.45) is 0 Å². The lowest BCUT2D eigenvalue weighted by Crippen LogP contribution is -2.07. The molecule has 0 radical (unpaired) electrons. The minimum atomic E-state index is 0.690. The lowest BCUT2D eigenvalue weighted by atomic mass is 10.3. The Morgan fingerprint density at radius 3 is 2.81 bits per heavy atom. The molecule has 0 atom stereocenters. The Kier molecular flexibility index (Phi) is 3.77. The summed E-state index contributed by atoms with van der Waals surface area (Å²) in [6.45, 7) is 3.74. The molecule has 0 unspecified atom stereocenters. The van der Waals surface area contributed by atoms with Crippen LogP contribution in [0.1, 0.15) is 12.7 Å². The highest BCUT2D eigenvalue weighted by molar-refractivity contribution is 5.76. The van der Waals surface area contributed by atoms with Crippen molar-refractivity contribution < 1.29 is 4.74 Å². The third-order valence-corrected chi connectivity index (χ3v) is 3.57. The highest BCUT2D eigenvalue weighted by Gasteiger charge is 2.08. The predicted octanol–water partition coefficient (Wildman–Crippen LogP) is 3.68. The second-order valence-corrected chi connectivity index (χ2v) is 4.85. The number of hydrogen-bond donors (Lipinski definition) is 1. The number of rotatable bonds is 5. The van der Waals surface area contributed by atoms with E-state index in [1.54, 1.807) is 7.11 Å². The van der Waals surface area contributed by atoms with Gasteiger partial charge in [0.15, 0.2) is 0 Å². The number of fused-ring (bicyclic) bond motifs is 1. The van der Waals surface area contributed by atoms with E-state index < -0.39 is 0 Å². The van der Waals surface area contributed by atoms with Crippen LogP contribution in [0.4, 0.5) is 5.69 Å². The largest absolute Gasteiger partial charge is 0.497 e. The molecule has 0 spiro atoms. The van der Waals surface area contributed by atoms with Gasteiger partial charge in [0, 0.05) is 18.3 Å². The number of hydrogen-bond acceptors (Lipinski definition) is 3. The van der Waals surface area contributed by atoms with Crippen molar-refractivity contribution in [3.05, 3.63) is 54.4 Å². The van der Waals surface area contributed by atoms with Gasteiger partial charge in [-0.3, -0.25) is 0 Å². The van der Waals surface area contributed by atoms with Gasteiger partial charge in [0.05, 0.1) is 24.7 Å². The van der Waals surface area contributed by atoms with Gasteiger partial charge in [-0.05, 0) is 31.2 Å². The summed E-state index contributed by atoms with van der Waals surface area (Å²) >= 11 is 0. The summed E-state index contributed by atoms with van der Waals surface area (Å²) in [7, 11) is 1.68. The fourth-order valence-corrected chi connectivity index (χ4v) is 2.53. The van der Waals surface area contributed by atoms with Crippen molar-refractivity contribution in [1.82, 2.24) is 9.55 Å². The Morgan fingerprint density at radius 1 is 1.14 bits per heavy atom. The van der Waals surface area contributed by atoms with Crippen LogP contribution in [0.15, 0.2) is 48.5 Å². The van der Waals surface area contributed by atoms with Gasteiger partial charge >= 0.3 is 0 Å². The van der Waals surface area contributed by atoms with E-state index in [0.29, 0.717) is 6.54 Å². The van der Waals surface area contributed by atoms with Crippen LogP contribution in [0.2, 0.25) is 0 Å². The van der Waals surface area contributed by atoms with E-state index in [1.165, 1.54) is 5.52 Å². The van der Waals surface area contributed by atoms with Crippen molar-refractivity contribution in [1.29, 1.82) is 0 Å². The SMILES string of the molecule is CCn1c(CNc2cccc(OC)c2)nc2ccccc21. The molecule has 0 aliphatic carbocycles. The maximum atomic E-state index is 5.24. The van der Waals surface area contributed by atoms with Crippen LogP contribution < -0.4 is 10.1 Å². The van der Waals surface area contributed by atoms with Crippen molar-refractivity contribution in [3.8, 4) is 5.75 Å². The van der Waals surface area contributed by atoms with Gasteiger partial charge in [0.2, 0.25) is 0 Å². The van der Waals surface area contributed by atoms with Gasteiger partial charge in [-0.2, -0.15) is 0 Å². The Bertz CT molecular complexity index is 749. The first-order valence-corrected chi connectivity index (χ1v) is 7.14. The highest BCUT2D eigenvalue weighted by Crippen LogP contribution is 2.19. The second kappa shape index (κ2) is 5.87. The van der Waals surface area contributed by atoms with Crippen LogP contribution in [-0.2, 0) is 13.1 Å². The van der Waals surface area contributed by atoms with E-state index >= 15 is 0 Å². The zero-order chi connectivity index (χ0) is 14.7. The third kappa shape index (κ3) is 2.70. The molecule has 4 nitrogen and oxygen atoms in total. The quantitative estimate of drug-likeness (QED) is 0.775. The maximum absolute atomic E-state index is 5.24. The van der Waals surface area contributed by atoms with Crippen LogP contribution in [0.25, 0.3) is 11.0 Å². The van der Waals surface area contributed by atoms with Crippen LogP contribution in [0.5, 0.6) is 5.75 Å². The van der Waals surface area contributed by atoms with Gasteiger partial charge in [-0.15, -0.1) is 0 Å². The maximum Gasteiger partial charge on any atom is 0.129 e. The Hall–Kier alpha value is -2.49. The van der Waals surface area contributed by atoms with Crippen LogP contribution in [0, 0.1) is 0 Å². The number of nitrogens with one attached hydrogen (secondary N) is 1. The normalized spacial score (nSPS) is 10.8. The van der Waals surface area contributed by atoms with Gasteiger partial charge in [0.25, 0.3) is 0 Å². The number of aromatic nitrogens is 2. The molecule has 21 heavy (non-hydrogen) atoms. The number of ether oxygens (including phenoxy) is 1. The summed E-state index contributed by atoms with van der Waals surface area (Å²) in [4.78, 5) is 4.71. The summed E-state index contributed by atoms with van der Waals surface area (Å²) in [5, 5.41) is 3.41. The van der Waals surface area contributed by atoms with Crippen molar-refractivity contribution in [2.75, 3.05) is 12.4 Å². The minimum absolute atomic E-state index is 0.690. The molecule has 1 N–H and O–H groups in total. The first-order chi connectivity index (χ1) is 10.3.